The molecule has 0 bridgehead atoms. The molecule has 148 valence electrons. The van der Waals surface area contributed by atoms with Gasteiger partial charge in [0, 0.05) is 19.6 Å². The zero-order valence-electron chi connectivity index (χ0n) is 15.6. The zero-order valence-corrected chi connectivity index (χ0v) is 16.4. The third-order valence-electron chi connectivity index (χ3n) is 5.24. The highest BCUT2D eigenvalue weighted by Crippen LogP contribution is 2.40. The van der Waals surface area contributed by atoms with Gasteiger partial charge in [0.25, 0.3) is 0 Å². The number of hydrogen-bond acceptors (Lipinski definition) is 5. The van der Waals surface area contributed by atoms with Crippen LogP contribution < -0.4 is 9.80 Å². The predicted octanol–water partition coefficient (Wildman–Crippen LogP) is 1.51. The van der Waals surface area contributed by atoms with Crippen molar-refractivity contribution in [1.29, 1.82) is 0 Å². The maximum Gasteiger partial charge on any atom is 0.323 e. The summed E-state index contributed by atoms with van der Waals surface area (Å²) < 4.78 is 27.1. The second kappa shape index (κ2) is 7.47. The van der Waals surface area contributed by atoms with Crippen molar-refractivity contribution in [2.24, 2.45) is 0 Å². The van der Waals surface area contributed by atoms with E-state index in [-0.39, 0.29) is 16.8 Å². The molecular formula is C18H25N3O5S. The summed E-state index contributed by atoms with van der Waals surface area (Å²) in [5.41, 5.74) is 1.08. The number of carbonyl (C=O) groups is 2. The van der Waals surface area contributed by atoms with Crippen LogP contribution in [0.1, 0.15) is 33.1 Å². The van der Waals surface area contributed by atoms with Gasteiger partial charge >= 0.3 is 5.97 Å². The van der Waals surface area contributed by atoms with E-state index in [1.54, 1.807) is 26.0 Å². The molecule has 1 aromatic carbocycles. The molecule has 0 aliphatic carbocycles. The Bertz CT molecular complexity index is 851. The van der Waals surface area contributed by atoms with Crippen LogP contribution in [-0.4, -0.2) is 61.9 Å². The third kappa shape index (κ3) is 3.41. The van der Waals surface area contributed by atoms with Crippen LogP contribution >= 0.6 is 0 Å². The Morgan fingerprint density at radius 3 is 2.56 bits per heavy atom. The van der Waals surface area contributed by atoms with Gasteiger partial charge in [0.1, 0.15) is 12.6 Å². The molecule has 8 nitrogen and oxygen atoms in total. The summed E-state index contributed by atoms with van der Waals surface area (Å²) in [6, 6.07) is 4.31. The Labute approximate surface area is 159 Å². The normalized spacial score (nSPS) is 19.8. The second-order valence-corrected chi connectivity index (χ2v) is 8.70. The Morgan fingerprint density at radius 1 is 1.22 bits per heavy atom. The molecule has 1 fully saturated rings. The molecule has 2 aliphatic heterocycles. The van der Waals surface area contributed by atoms with Gasteiger partial charge < -0.3 is 10.0 Å². The maximum absolute atomic E-state index is 12.9. The molecule has 1 atom stereocenters. The summed E-state index contributed by atoms with van der Waals surface area (Å²) in [7, 11) is -3.70. The maximum atomic E-state index is 12.9. The Balaban J connectivity index is 2.12. The molecule has 1 N–H and O–H groups in total. The third-order valence-corrected chi connectivity index (χ3v) is 7.28. The molecule has 0 saturated carbocycles. The monoisotopic (exact) mass is 395 g/mol. The van der Waals surface area contributed by atoms with Crippen molar-refractivity contribution in [3.63, 3.8) is 0 Å². The van der Waals surface area contributed by atoms with Crippen molar-refractivity contribution < 1.29 is 23.1 Å². The topological polar surface area (TPSA) is 98.2 Å². The van der Waals surface area contributed by atoms with Crippen molar-refractivity contribution in [2.75, 3.05) is 36.0 Å². The van der Waals surface area contributed by atoms with Gasteiger partial charge in [0.2, 0.25) is 15.9 Å². The molecule has 0 radical (unpaired) electrons. The van der Waals surface area contributed by atoms with Crippen LogP contribution in [0.2, 0.25) is 0 Å². The molecule has 0 spiro atoms. The van der Waals surface area contributed by atoms with Crippen molar-refractivity contribution in [3.05, 3.63) is 18.2 Å². The Hall–Kier alpha value is -2.13. The number of piperidine rings is 1. The molecule has 3 rings (SSSR count). The zero-order chi connectivity index (χ0) is 19.8. The van der Waals surface area contributed by atoms with Gasteiger partial charge in [-0.25, -0.2) is 8.42 Å². The van der Waals surface area contributed by atoms with Gasteiger partial charge in [-0.3, -0.25) is 14.5 Å². The number of sulfonamides is 1. The standard InChI is InChI=1S/C18H25N3O5S/c1-3-19(4-2)27(25,26)13-8-9-14-16(11-13)21(12-17(22)23)18(24)15-7-5-6-10-20(14)15/h8-9,11,15H,3-7,10,12H2,1-2H3,(H,22,23)/t15-/m0/s1. The largest absolute Gasteiger partial charge is 0.480 e. The molecule has 1 amide bonds. The van der Waals surface area contributed by atoms with E-state index in [1.807, 2.05) is 4.90 Å². The lowest BCUT2D eigenvalue weighted by Gasteiger charge is -2.45. The molecule has 9 heteroatoms. The van der Waals surface area contributed by atoms with Crippen LogP contribution in [0, 0.1) is 0 Å². The molecular weight excluding hydrogens is 370 g/mol. The average molecular weight is 395 g/mol. The fourth-order valence-corrected chi connectivity index (χ4v) is 5.39. The first-order valence-electron chi connectivity index (χ1n) is 9.25. The van der Waals surface area contributed by atoms with E-state index in [9.17, 15) is 23.1 Å². The number of aliphatic carboxylic acids is 1. The molecule has 2 heterocycles. The van der Waals surface area contributed by atoms with Crippen LogP contribution in [0.3, 0.4) is 0 Å². The molecule has 0 unspecified atom stereocenters. The smallest absolute Gasteiger partial charge is 0.323 e. The number of fused-ring (bicyclic) bond motifs is 3. The lowest BCUT2D eigenvalue weighted by Crippen LogP contribution is -2.56. The predicted molar refractivity (Wildman–Crippen MR) is 102 cm³/mol. The number of benzene rings is 1. The van der Waals surface area contributed by atoms with Crippen molar-refractivity contribution in [1.82, 2.24) is 4.31 Å². The quantitative estimate of drug-likeness (QED) is 0.784. The summed E-state index contributed by atoms with van der Waals surface area (Å²) in [6.07, 6.45) is 2.53. The van der Waals surface area contributed by atoms with Crippen molar-refractivity contribution in [3.8, 4) is 0 Å². The molecule has 0 aromatic heterocycles. The van der Waals surface area contributed by atoms with Gasteiger partial charge in [-0.2, -0.15) is 4.31 Å². The number of carboxylic acid groups (broad SMARTS) is 1. The van der Waals surface area contributed by atoms with Crippen molar-refractivity contribution in [2.45, 2.75) is 44.0 Å². The lowest BCUT2D eigenvalue weighted by atomic mass is 9.96. The minimum absolute atomic E-state index is 0.0728. The summed E-state index contributed by atoms with van der Waals surface area (Å²) >= 11 is 0. The number of nitrogens with zero attached hydrogens (tertiary/aromatic N) is 3. The van der Waals surface area contributed by atoms with E-state index in [2.05, 4.69) is 0 Å². The van der Waals surface area contributed by atoms with Crippen molar-refractivity contribution >= 4 is 33.3 Å². The van der Waals surface area contributed by atoms with E-state index in [1.165, 1.54) is 15.3 Å². The highest BCUT2D eigenvalue weighted by Gasteiger charge is 2.40. The minimum Gasteiger partial charge on any atom is -0.480 e. The van der Waals surface area contributed by atoms with Crippen LogP contribution in [0.15, 0.2) is 23.1 Å². The van der Waals surface area contributed by atoms with E-state index in [4.69, 9.17) is 0 Å². The van der Waals surface area contributed by atoms with Gasteiger partial charge in [-0.05, 0) is 37.5 Å². The minimum atomic E-state index is -3.70. The summed E-state index contributed by atoms with van der Waals surface area (Å²) in [5.74, 6) is -1.41. The number of anilines is 2. The van der Waals surface area contributed by atoms with Crippen LogP contribution in [0.4, 0.5) is 11.4 Å². The summed E-state index contributed by atoms with van der Waals surface area (Å²) in [5, 5.41) is 9.26. The van der Waals surface area contributed by atoms with E-state index in [0.29, 0.717) is 31.7 Å². The number of amides is 1. The summed E-state index contributed by atoms with van der Waals surface area (Å²) in [4.78, 5) is 27.5. The summed E-state index contributed by atoms with van der Waals surface area (Å²) in [6.45, 7) is 4.41. The highest BCUT2D eigenvalue weighted by atomic mass is 32.2. The van der Waals surface area contributed by atoms with Gasteiger partial charge in [0.15, 0.2) is 0 Å². The number of hydrogen-bond donors (Lipinski definition) is 1. The molecule has 1 aromatic rings. The number of carbonyl (C=O) groups excluding carboxylic acids is 1. The first-order chi connectivity index (χ1) is 12.8. The first-order valence-corrected chi connectivity index (χ1v) is 10.7. The Morgan fingerprint density at radius 2 is 1.93 bits per heavy atom. The lowest BCUT2D eigenvalue weighted by molar-refractivity contribution is -0.137. The second-order valence-electron chi connectivity index (χ2n) is 6.76. The van der Waals surface area contributed by atoms with Gasteiger partial charge in [-0.15, -0.1) is 0 Å². The fraction of sp³-hybridized carbons (Fsp3) is 0.556. The average Bonchev–Trinajstić information content (AvgIpc) is 2.65. The molecule has 2 aliphatic rings. The molecule has 27 heavy (non-hydrogen) atoms. The SMILES string of the molecule is CCN(CC)S(=O)(=O)c1ccc2c(c1)N(CC(=O)O)C(=O)[C@@H]1CCCCN21. The van der Waals surface area contributed by atoms with E-state index >= 15 is 0 Å². The van der Waals surface area contributed by atoms with Crippen LogP contribution in [0.25, 0.3) is 0 Å². The Kier molecular flexibility index (Phi) is 5.43. The van der Waals surface area contributed by atoms with Gasteiger partial charge in [0.05, 0.1) is 16.3 Å². The fourth-order valence-electron chi connectivity index (χ4n) is 3.91. The highest BCUT2D eigenvalue weighted by molar-refractivity contribution is 7.89. The number of carboxylic acids is 1. The number of rotatable bonds is 6. The van der Waals surface area contributed by atoms with E-state index < -0.39 is 22.5 Å². The van der Waals surface area contributed by atoms with E-state index in [0.717, 1.165) is 18.5 Å². The van der Waals surface area contributed by atoms with Crippen LogP contribution in [-0.2, 0) is 19.6 Å². The van der Waals surface area contributed by atoms with Crippen LogP contribution in [0.5, 0.6) is 0 Å². The van der Waals surface area contributed by atoms with Gasteiger partial charge in [-0.1, -0.05) is 13.8 Å². The molecule has 1 saturated heterocycles. The first kappa shape index (κ1) is 19.6.